The molecular formula is C17H18FN3O5S. The molecule has 8 nitrogen and oxygen atoms in total. The van der Waals surface area contributed by atoms with Gasteiger partial charge in [-0.1, -0.05) is 12.1 Å². The molecule has 1 aromatic carbocycles. The first-order chi connectivity index (χ1) is 12.7. The van der Waals surface area contributed by atoms with Gasteiger partial charge in [-0.2, -0.15) is 0 Å². The molecule has 0 spiro atoms. The Kier molecular flexibility index (Phi) is 5.09. The summed E-state index contributed by atoms with van der Waals surface area (Å²) in [7, 11) is 0. The summed E-state index contributed by atoms with van der Waals surface area (Å²) in [5, 5.41) is 1.83. The molecule has 144 valence electrons. The number of nitrogens with two attached hydrogens (primary N) is 1. The zero-order valence-electron chi connectivity index (χ0n) is 14.4. The molecular weight excluding hydrogens is 377 g/mol. The molecule has 27 heavy (non-hydrogen) atoms. The second-order valence-electron chi connectivity index (χ2n) is 6.31. The minimum absolute atomic E-state index is 0.208. The molecule has 3 rings (SSSR count). The zero-order valence-corrected chi connectivity index (χ0v) is 15.3. The molecule has 4 amide bonds. The van der Waals surface area contributed by atoms with Crippen LogP contribution in [0.4, 0.5) is 9.18 Å². The van der Waals surface area contributed by atoms with Gasteiger partial charge in [-0.25, -0.2) is 14.0 Å². The maximum atomic E-state index is 13.3. The van der Waals surface area contributed by atoms with Gasteiger partial charge in [0.25, 0.3) is 5.91 Å². The molecule has 0 aromatic heterocycles. The highest BCUT2D eigenvalue weighted by atomic mass is 32.2. The molecule has 2 aliphatic heterocycles. The van der Waals surface area contributed by atoms with Gasteiger partial charge in [0.15, 0.2) is 6.10 Å². The van der Waals surface area contributed by atoms with E-state index in [4.69, 9.17) is 10.5 Å². The van der Waals surface area contributed by atoms with E-state index in [0.717, 1.165) is 5.56 Å². The number of amides is 4. The minimum Gasteiger partial charge on any atom is -0.451 e. The summed E-state index contributed by atoms with van der Waals surface area (Å²) in [4.78, 5) is 48.2. The fourth-order valence-electron chi connectivity index (χ4n) is 3.36. The van der Waals surface area contributed by atoms with Crippen molar-refractivity contribution in [2.24, 2.45) is 5.73 Å². The lowest BCUT2D eigenvalue weighted by molar-refractivity contribution is -0.161. The minimum atomic E-state index is -1.24. The van der Waals surface area contributed by atoms with Gasteiger partial charge in [0.1, 0.15) is 16.7 Å². The van der Waals surface area contributed by atoms with E-state index in [-0.39, 0.29) is 23.9 Å². The average Bonchev–Trinajstić information content (AvgIpc) is 3.14. The van der Waals surface area contributed by atoms with Crippen molar-refractivity contribution in [1.29, 1.82) is 0 Å². The van der Waals surface area contributed by atoms with Crippen molar-refractivity contribution in [3.05, 3.63) is 35.6 Å². The van der Waals surface area contributed by atoms with Crippen LogP contribution in [0.2, 0.25) is 0 Å². The van der Waals surface area contributed by atoms with Gasteiger partial charge in [0, 0.05) is 12.2 Å². The highest BCUT2D eigenvalue weighted by molar-refractivity contribution is 8.00. The second kappa shape index (κ2) is 7.18. The number of primary amides is 1. The van der Waals surface area contributed by atoms with Crippen molar-refractivity contribution in [1.82, 2.24) is 10.2 Å². The molecule has 0 radical (unpaired) electrons. The topological polar surface area (TPSA) is 119 Å². The van der Waals surface area contributed by atoms with Crippen LogP contribution < -0.4 is 11.1 Å². The van der Waals surface area contributed by atoms with Crippen molar-refractivity contribution in [2.75, 3.05) is 5.75 Å². The van der Waals surface area contributed by atoms with Gasteiger partial charge in [-0.05, 0) is 31.0 Å². The van der Waals surface area contributed by atoms with E-state index in [1.165, 1.54) is 35.7 Å². The Morgan fingerprint density at radius 2 is 2.04 bits per heavy atom. The SMILES string of the molecule is C[C@H](OC(=O)[C@@H]1CS[C@@]2(c3ccc(F)cc3)CCC(=O)N12)C(=O)NC(N)=O. The van der Waals surface area contributed by atoms with Gasteiger partial charge < -0.3 is 15.4 Å². The van der Waals surface area contributed by atoms with Crippen molar-refractivity contribution in [3.8, 4) is 0 Å². The number of halogens is 1. The number of nitrogens with zero attached hydrogens (tertiary/aromatic N) is 1. The number of imide groups is 1. The quantitative estimate of drug-likeness (QED) is 0.730. The standard InChI is InChI=1S/C17H18FN3O5S/c1-9(14(23)20-16(19)25)26-15(24)12-8-27-17(7-6-13(22)21(12)17)10-2-4-11(18)5-3-10/h2-5,9,12H,6-8H2,1H3,(H3,19,20,23,25)/t9-,12-,17+/m0/s1. The molecule has 2 fully saturated rings. The Bertz CT molecular complexity index is 802. The van der Waals surface area contributed by atoms with E-state index < -0.39 is 34.9 Å². The first-order valence-electron chi connectivity index (χ1n) is 8.27. The Balaban J connectivity index is 1.79. The van der Waals surface area contributed by atoms with Crippen molar-refractivity contribution >= 4 is 35.6 Å². The number of thioether (sulfide) groups is 1. The van der Waals surface area contributed by atoms with Gasteiger partial charge >= 0.3 is 12.0 Å². The number of fused-ring (bicyclic) bond motifs is 1. The second-order valence-corrected chi connectivity index (χ2v) is 7.61. The van der Waals surface area contributed by atoms with Crippen molar-refractivity contribution in [2.45, 2.75) is 36.8 Å². The van der Waals surface area contributed by atoms with Crippen LogP contribution in [-0.4, -0.2) is 46.6 Å². The Labute approximate surface area is 158 Å². The van der Waals surface area contributed by atoms with E-state index >= 15 is 0 Å². The fraction of sp³-hybridized carbons (Fsp3) is 0.412. The van der Waals surface area contributed by atoms with E-state index in [1.54, 1.807) is 12.1 Å². The van der Waals surface area contributed by atoms with Crippen LogP contribution in [0, 0.1) is 5.82 Å². The number of hydrogen-bond donors (Lipinski definition) is 2. The number of rotatable bonds is 4. The number of esters is 1. The number of hydrogen-bond acceptors (Lipinski definition) is 6. The molecule has 3 N–H and O–H groups in total. The molecule has 0 aliphatic carbocycles. The molecule has 0 saturated carbocycles. The number of carbonyl (C=O) groups is 4. The van der Waals surface area contributed by atoms with E-state index in [1.807, 2.05) is 5.32 Å². The van der Waals surface area contributed by atoms with E-state index in [9.17, 15) is 23.6 Å². The Morgan fingerprint density at radius 3 is 2.67 bits per heavy atom. The summed E-state index contributed by atoms with van der Waals surface area (Å²) in [6.07, 6.45) is -0.497. The number of ether oxygens (including phenoxy) is 1. The third-order valence-corrected chi connectivity index (χ3v) is 6.20. The van der Waals surface area contributed by atoms with Crippen LogP contribution in [0.25, 0.3) is 0 Å². The van der Waals surface area contributed by atoms with Crippen LogP contribution in [0.15, 0.2) is 24.3 Å². The van der Waals surface area contributed by atoms with Crippen molar-refractivity contribution in [3.63, 3.8) is 0 Å². The van der Waals surface area contributed by atoms with Gasteiger partial charge in [-0.15, -0.1) is 11.8 Å². The lowest BCUT2D eigenvalue weighted by Crippen LogP contribution is -2.49. The third kappa shape index (κ3) is 3.48. The van der Waals surface area contributed by atoms with Gasteiger partial charge in [-0.3, -0.25) is 14.9 Å². The summed E-state index contributed by atoms with van der Waals surface area (Å²) in [5.74, 6) is -1.90. The van der Waals surface area contributed by atoms with Gasteiger partial charge in [0.05, 0.1) is 0 Å². The fourth-order valence-corrected chi connectivity index (χ4v) is 4.99. The molecule has 1 aromatic rings. The summed E-state index contributed by atoms with van der Waals surface area (Å²) >= 11 is 1.41. The summed E-state index contributed by atoms with van der Waals surface area (Å²) < 4.78 is 18.4. The Hall–Kier alpha value is -2.62. The Morgan fingerprint density at radius 1 is 1.37 bits per heavy atom. The third-order valence-electron chi connectivity index (χ3n) is 4.60. The van der Waals surface area contributed by atoms with E-state index in [2.05, 4.69) is 0 Å². The summed E-state index contributed by atoms with van der Waals surface area (Å²) in [6.45, 7) is 1.30. The monoisotopic (exact) mass is 395 g/mol. The first-order valence-corrected chi connectivity index (χ1v) is 9.26. The van der Waals surface area contributed by atoms with Crippen molar-refractivity contribution < 1.29 is 28.3 Å². The lowest BCUT2D eigenvalue weighted by atomic mass is 10.0. The molecule has 2 saturated heterocycles. The smallest absolute Gasteiger partial charge is 0.330 e. The predicted octanol–water partition coefficient (Wildman–Crippen LogP) is 0.843. The summed E-state index contributed by atoms with van der Waals surface area (Å²) in [6, 6.07) is 3.90. The number of nitrogens with one attached hydrogen (secondary N) is 1. The molecule has 10 heteroatoms. The average molecular weight is 395 g/mol. The van der Waals surface area contributed by atoms with Crippen LogP contribution in [-0.2, 0) is 24.0 Å². The highest BCUT2D eigenvalue weighted by Gasteiger charge is 2.57. The zero-order chi connectivity index (χ0) is 19.8. The first kappa shape index (κ1) is 19.2. The highest BCUT2D eigenvalue weighted by Crippen LogP contribution is 2.54. The number of carbonyl (C=O) groups excluding carboxylic acids is 4. The van der Waals surface area contributed by atoms with Crippen LogP contribution in [0.1, 0.15) is 25.3 Å². The number of urea groups is 1. The molecule has 2 aliphatic rings. The lowest BCUT2D eigenvalue weighted by Gasteiger charge is -2.33. The molecule has 0 bridgehead atoms. The number of benzene rings is 1. The largest absolute Gasteiger partial charge is 0.451 e. The normalized spacial score (nSPS) is 25.0. The molecule has 3 atom stereocenters. The summed E-state index contributed by atoms with van der Waals surface area (Å²) in [5.41, 5.74) is 5.60. The van der Waals surface area contributed by atoms with Crippen LogP contribution in [0.5, 0.6) is 0 Å². The van der Waals surface area contributed by atoms with Gasteiger partial charge in [0.2, 0.25) is 5.91 Å². The molecule has 0 unspecified atom stereocenters. The van der Waals surface area contributed by atoms with E-state index in [0.29, 0.717) is 6.42 Å². The van der Waals surface area contributed by atoms with Crippen LogP contribution >= 0.6 is 11.8 Å². The van der Waals surface area contributed by atoms with Crippen LogP contribution in [0.3, 0.4) is 0 Å². The maximum absolute atomic E-state index is 13.3. The molecule has 2 heterocycles. The predicted molar refractivity (Wildman–Crippen MR) is 93.7 cm³/mol. The maximum Gasteiger partial charge on any atom is 0.330 e.